The maximum absolute atomic E-state index is 14.7. The van der Waals surface area contributed by atoms with Gasteiger partial charge < -0.3 is 24.8 Å². The Morgan fingerprint density at radius 1 is 0.887 bits per heavy atom. The minimum absolute atomic E-state index is 0.0521. The average Bonchev–Trinajstić information content (AvgIpc) is 3.82. The number of rotatable bonds is 31. The number of hydrogen-bond donors (Lipinski definition) is 3. The van der Waals surface area contributed by atoms with Crippen LogP contribution in [-0.4, -0.2) is 61.6 Å². The first-order valence-corrected chi connectivity index (χ1v) is 24.6. The van der Waals surface area contributed by atoms with Crippen molar-refractivity contribution in [1.82, 2.24) is 24.6 Å². The molecule has 0 aliphatic carbocycles. The van der Waals surface area contributed by atoms with Crippen LogP contribution in [0.3, 0.4) is 0 Å². The molecule has 0 amide bonds. The van der Waals surface area contributed by atoms with Gasteiger partial charge in [0, 0.05) is 6.42 Å². The summed E-state index contributed by atoms with van der Waals surface area (Å²) in [5, 5.41) is 14.1. The Morgan fingerprint density at radius 2 is 1.44 bits per heavy atom. The van der Waals surface area contributed by atoms with Crippen LogP contribution in [0.2, 0.25) is 0 Å². The fourth-order valence-electron chi connectivity index (χ4n) is 7.90. The van der Waals surface area contributed by atoms with E-state index in [0.29, 0.717) is 0 Å². The number of nitrogens with one attached hydrogen (secondary N) is 1. The number of nitrogens with two attached hydrogens (primary N) is 1. The summed E-state index contributed by atoms with van der Waals surface area (Å²) in [6, 6.07) is 16.7. The number of nitrogens with zero attached hydrogens (tertiary/aromatic N) is 4. The number of aliphatic hydroxyl groups excluding tert-OH is 1. The van der Waals surface area contributed by atoms with Crippen LogP contribution in [-0.2, 0) is 29.8 Å². The molecular formula is C47H70FN6O7P. The Hall–Kier alpha value is -3.94. The summed E-state index contributed by atoms with van der Waals surface area (Å²) in [7, 11) is -4.37. The molecule has 4 N–H and O–H groups in total. The predicted molar refractivity (Wildman–Crippen MR) is 241 cm³/mol. The molecule has 2 aromatic carbocycles. The van der Waals surface area contributed by atoms with Crippen LogP contribution in [0.4, 0.5) is 10.2 Å². The normalized spacial score (nSPS) is 19.1. The molecule has 62 heavy (non-hydrogen) atoms. The van der Waals surface area contributed by atoms with Crippen molar-refractivity contribution in [2.24, 2.45) is 0 Å². The number of imidazole rings is 1. The van der Waals surface area contributed by atoms with Crippen molar-refractivity contribution in [3.63, 3.8) is 0 Å². The third-order valence-electron chi connectivity index (χ3n) is 11.6. The molecule has 4 aromatic rings. The highest BCUT2D eigenvalue weighted by atomic mass is 31.2. The number of fused-ring (bicyclic) bond motifs is 1. The van der Waals surface area contributed by atoms with Crippen LogP contribution in [0.1, 0.15) is 154 Å². The number of carbonyl (C=O) groups is 1. The van der Waals surface area contributed by atoms with Gasteiger partial charge in [0.15, 0.2) is 17.0 Å². The van der Waals surface area contributed by atoms with Crippen molar-refractivity contribution in [2.75, 3.05) is 18.9 Å². The molecule has 5 atom stereocenters. The van der Waals surface area contributed by atoms with Crippen LogP contribution in [0.5, 0.6) is 5.75 Å². The number of unbranched alkanes of at least 4 members (excludes halogenated alkanes) is 18. The van der Waals surface area contributed by atoms with E-state index in [9.17, 15) is 18.9 Å². The number of esters is 1. The summed E-state index contributed by atoms with van der Waals surface area (Å²) >= 11 is 0. The molecule has 0 radical (unpaired) electrons. The molecule has 5 rings (SSSR count). The van der Waals surface area contributed by atoms with E-state index in [2.05, 4.69) is 27.0 Å². The fraction of sp³-hybridized carbons (Fsp3) is 0.617. The lowest BCUT2D eigenvalue weighted by atomic mass is 10.0. The number of aromatic nitrogens is 4. The van der Waals surface area contributed by atoms with Gasteiger partial charge in [-0.1, -0.05) is 171 Å². The standard InChI is InChI=1S/C47H70FN6O7P/c1-3-4-5-6-7-8-9-10-11-12-13-14-15-16-17-18-19-20-27-32-58-45(56)39(33-37-28-23-21-24-29-37)53-62(57,61-38-30-25-22-26-31-38)59-35-47(2)40(55)34-41(60-47)54-36-50-42-43(49)51-46(48)52-44(42)54/h21-26,28-31,36,39-41,55H,3-20,27,32-35H2,1-2H3,(H,53,57)(H2,49,51,52)/t39-,40-,41+,47+,62?/m0/s1. The number of aliphatic hydroxyl groups is 1. The van der Waals surface area contributed by atoms with E-state index in [4.69, 9.17) is 24.3 Å². The number of benzene rings is 2. The number of para-hydroxylation sites is 1. The van der Waals surface area contributed by atoms with Gasteiger partial charge in [-0.15, -0.1) is 0 Å². The van der Waals surface area contributed by atoms with Gasteiger partial charge in [0.1, 0.15) is 23.6 Å². The summed E-state index contributed by atoms with van der Waals surface area (Å²) < 4.78 is 54.4. The van der Waals surface area contributed by atoms with E-state index in [1.807, 2.05) is 30.3 Å². The molecule has 1 aliphatic heterocycles. The summed E-state index contributed by atoms with van der Waals surface area (Å²) in [6.07, 6.45) is 22.8. The van der Waals surface area contributed by atoms with Crippen LogP contribution < -0.4 is 15.3 Å². The van der Waals surface area contributed by atoms with Crippen molar-refractivity contribution < 1.29 is 37.4 Å². The number of carbonyl (C=O) groups excluding carboxylic acids is 1. The van der Waals surface area contributed by atoms with Crippen LogP contribution in [0, 0.1) is 6.08 Å². The second kappa shape index (κ2) is 26.0. The van der Waals surface area contributed by atoms with Gasteiger partial charge in [-0.25, -0.2) is 9.55 Å². The SMILES string of the molecule is CCCCCCCCCCCCCCCCCCCCCOC(=O)[C@H](Cc1ccccc1)NP(=O)(OC[C@@]1(C)O[C@@H](n2cnc3c(N)nc(F)nc32)C[C@@H]1O)Oc1ccccc1. The third kappa shape index (κ3) is 16.0. The lowest BCUT2D eigenvalue weighted by Gasteiger charge is -2.31. The van der Waals surface area contributed by atoms with Crippen LogP contribution in [0.15, 0.2) is 67.0 Å². The predicted octanol–water partition coefficient (Wildman–Crippen LogP) is 11.0. The summed E-state index contributed by atoms with van der Waals surface area (Å²) in [5.74, 6) is -0.472. The largest absolute Gasteiger partial charge is 0.465 e. The number of nitrogen functional groups attached to an aromatic ring is 1. The minimum Gasteiger partial charge on any atom is -0.465 e. The van der Waals surface area contributed by atoms with E-state index in [-0.39, 0.29) is 42.2 Å². The monoisotopic (exact) mass is 881 g/mol. The quantitative estimate of drug-likeness (QED) is 0.0189. The molecule has 1 saturated heterocycles. The molecular weight excluding hydrogens is 811 g/mol. The Balaban J connectivity index is 1.08. The Bertz CT molecular complexity index is 1940. The Morgan fingerprint density at radius 3 is 2.02 bits per heavy atom. The molecule has 15 heteroatoms. The zero-order valence-corrected chi connectivity index (χ0v) is 37.8. The molecule has 0 bridgehead atoms. The molecule has 3 heterocycles. The van der Waals surface area contributed by atoms with E-state index < -0.39 is 50.4 Å². The van der Waals surface area contributed by atoms with Gasteiger partial charge in [0.05, 0.1) is 25.6 Å². The van der Waals surface area contributed by atoms with Crippen LogP contribution in [0.25, 0.3) is 11.2 Å². The maximum Gasteiger partial charge on any atom is 0.459 e. The summed E-state index contributed by atoms with van der Waals surface area (Å²) in [5.41, 5.74) is 5.53. The topological polar surface area (TPSA) is 173 Å². The summed E-state index contributed by atoms with van der Waals surface area (Å²) in [4.78, 5) is 25.3. The molecule has 1 fully saturated rings. The highest BCUT2D eigenvalue weighted by molar-refractivity contribution is 7.52. The second-order valence-corrected chi connectivity index (χ2v) is 18.6. The van der Waals surface area contributed by atoms with E-state index in [1.165, 1.54) is 114 Å². The Kier molecular flexibility index (Phi) is 20.6. The zero-order valence-electron chi connectivity index (χ0n) is 36.9. The van der Waals surface area contributed by atoms with Gasteiger partial charge >= 0.3 is 19.8 Å². The molecule has 342 valence electrons. The molecule has 1 unspecified atom stereocenters. The van der Waals surface area contributed by atoms with Gasteiger partial charge in [0.25, 0.3) is 0 Å². The first-order chi connectivity index (χ1) is 30.1. The first kappa shape index (κ1) is 49.1. The number of ether oxygens (including phenoxy) is 2. The lowest BCUT2D eigenvalue weighted by Crippen LogP contribution is -2.43. The summed E-state index contributed by atoms with van der Waals surface area (Å²) in [6.45, 7) is 3.70. The smallest absolute Gasteiger partial charge is 0.459 e. The van der Waals surface area contributed by atoms with Crippen molar-refractivity contribution in [2.45, 2.75) is 173 Å². The second-order valence-electron chi connectivity index (χ2n) is 16.9. The highest BCUT2D eigenvalue weighted by Crippen LogP contribution is 2.48. The zero-order chi connectivity index (χ0) is 44.0. The number of anilines is 1. The van der Waals surface area contributed by atoms with Crippen molar-refractivity contribution >= 4 is 30.7 Å². The van der Waals surface area contributed by atoms with Crippen molar-refractivity contribution in [3.8, 4) is 5.75 Å². The van der Waals surface area contributed by atoms with Crippen LogP contribution >= 0.6 is 7.75 Å². The van der Waals surface area contributed by atoms with Gasteiger partial charge in [-0.3, -0.25) is 13.9 Å². The number of halogens is 1. The average molecular weight is 881 g/mol. The van der Waals surface area contributed by atoms with Gasteiger partial charge in [-0.05, 0) is 37.5 Å². The van der Waals surface area contributed by atoms with E-state index >= 15 is 0 Å². The molecule has 13 nitrogen and oxygen atoms in total. The highest BCUT2D eigenvalue weighted by Gasteiger charge is 2.48. The lowest BCUT2D eigenvalue weighted by molar-refractivity contribution is -0.146. The van der Waals surface area contributed by atoms with Crippen molar-refractivity contribution in [1.29, 1.82) is 0 Å². The molecule has 0 saturated carbocycles. The molecule has 0 spiro atoms. The first-order valence-electron chi connectivity index (χ1n) is 23.1. The maximum atomic E-state index is 14.7. The van der Waals surface area contributed by atoms with E-state index in [1.54, 1.807) is 37.3 Å². The number of hydrogen-bond acceptors (Lipinski definition) is 11. The van der Waals surface area contributed by atoms with Gasteiger partial charge in [0.2, 0.25) is 0 Å². The molecule has 1 aliphatic rings. The van der Waals surface area contributed by atoms with E-state index in [0.717, 1.165) is 24.8 Å². The fourth-order valence-corrected chi connectivity index (χ4v) is 9.48. The Labute approximate surface area is 367 Å². The van der Waals surface area contributed by atoms with Crippen molar-refractivity contribution in [3.05, 3.63) is 78.6 Å². The third-order valence-corrected chi connectivity index (χ3v) is 13.2. The van der Waals surface area contributed by atoms with Gasteiger partial charge in [-0.2, -0.15) is 19.4 Å². The minimum atomic E-state index is -4.37. The molecule has 2 aromatic heterocycles.